The van der Waals surface area contributed by atoms with Crippen LogP contribution in [0.5, 0.6) is 11.5 Å². The summed E-state index contributed by atoms with van der Waals surface area (Å²) in [6.07, 6.45) is 3.05. The summed E-state index contributed by atoms with van der Waals surface area (Å²) in [5.41, 5.74) is 1.55. The molecule has 0 aliphatic carbocycles. The molecule has 4 nitrogen and oxygen atoms in total. The van der Waals surface area contributed by atoms with Crippen molar-refractivity contribution < 1.29 is 18.9 Å². The molecule has 0 N–H and O–H groups in total. The Morgan fingerprint density at radius 1 is 1.12 bits per heavy atom. The third-order valence-electron chi connectivity index (χ3n) is 5.59. The molecule has 1 atom stereocenters. The summed E-state index contributed by atoms with van der Waals surface area (Å²) in [5, 5.41) is 0. The Balaban J connectivity index is 1.73. The normalized spacial score (nSPS) is 17.0. The van der Waals surface area contributed by atoms with Crippen LogP contribution < -0.4 is 9.47 Å². The van der Waals surface area contributed by atoms with Crippen molar-refractivity contribution in [2.75, 3.05) is 40.1 Å². The minimum absolute atomic E-state index is 0.257. The zero-order chi connectivity index (χ0) is 19.0. The fourth-order valence-electron chi connectivity index (χ4n) is 2.98. The molecule has 0 aromatic heterocycles. The van der Waals surface area contributed by atoms with Crippen LogP contribution in [0.4, 0.5) is 0 Å². The number of ether oxygens (including phenoxy) is 4. The second-order valence-corrected chi connectivity index (χ2v) is 8.01. The Labute approximate surface area is 159 Å². The number of methoxy groups -OCH3 is 1. The van der Waals surface area contributed by atoms with E-state index in [9.17, 15) is 0 Å². The van der Waals surface area contributed by atoms with Crippen LogP contribution in [0, 0.1) is 17.3 Å². The minimum Gasteiger partial charge on any atom is -0.493 e. The first-order valence-electron chi connectivity index (χ1n) is 9.95. The highest BCUT2D eigenvalue weighted by Gasteiger charge is 2.36. The van der Waals surface area contributed by atoms with Gasteiger partial charge in [-0.05, 0) is 42.4 Å². The number of hydrogen-bond acceptors (Lipinski definition) is 4. The van der Waals surface area contributed by atoms with Gasteiger partial charge in [-0.25, -0.2) is 0 Å². The first-order valence-corrected chi connectivity index (χ1v) is 9.95. The predicted octanol–water partition coefficient (Wildman–Crippen LogP) is 4.74. The smallest absolute Gasteiger partial charge is 0.161 e. The summed E-state index contributed by atoms with van der Waals surface area (Å²) in [5.74, 6) is 2.95. The summed E-state index contributed by atoms with van der Waals surface area (Å²) >= 11 is 0. The van der Waals surface area contributed by atoms with Gasteiger partial charge in [-0.15, -0.1) is 0 Å². The predicted molar refractivity (Wildman–Crippen MR) is 105 cm³/mol. The van der Waals surface area contributed by atoms with Crippen LogP contribution in [0.1, 0.15) is 46.1 Å². The summed E-state index contributed by atoms with van der Waals surface area (Å²) in [4.78, 5) is 0. The second kappa shape index (κ2) is 10.2. The molecule has 2 rings (SSSR count). The molecule has 1 aromatic carbocycles. The molecule has 1 aromatic rings. The van der Waals surface area contributed by atoms with Crippen LogP contribution in [0.15, 0.2) is 18.2 Å². The Morgan fingerprint density at radius 3 is 2.46 bits per heavy atom. The van der Waals surface area contributed by atoms with E-state index >= 15 is 0 Å². The maximum absolute atomic E-state index is 5.90. The molecular formula is C22H36O4. The van der Waals surface area contributed by atoms with Gasteiger partial charge < -0.3 is 18.9 Å². The van der Waals surface area contributed by atoms with Crippen LogP contribution >= 0.6 is 0 Å². The van der Waals surface area contributed by atoms with Gasteiger partial charge in [-0.2, -0.15) is 0 Å². The molecule has 4 heteroatoms. The highest BCUT2D eigenvalue weighted by Crippen LogP contribution is 2.32. The third-order valence-corrected chi connectivity index (χ3v) is 5.59. The van der Waals surface area contributed by atoms with E-state index < -0.39 is 0 Å². The van der Waals surface area contributed by atoms with Gasteiger partial charge in [0.15, 0.2) is 11.5 Å². The van der Waals surface area contributed by atoms with Crippen molar-refractivity contribution in [2.45, 2.75) is 47.0 Å². The molecule has 0 amide bonds. The highest BCUT2D eigenvalue weighted by atomic mass is 16.5. The van der Waals surface area contributed by atoms with Gasteiger partial charge in [-0.3, -0.25) is 0 Å². The van der Waals surface area contributed by atoms with E-state index in [-0.39, 0.29) is 5.41 Å². The van der Waals surface area contributed by atoms with Gasteiger partial charge in [0.2, 0.25) is 0 Å². The van der Waals surface area contributed by atoms with Gasteiger partial charge in [0.1, 0.15) is 0 Å². The van der Waals surface area contributed by atoms with Crippen LogP contribution in [-0.2, 0) is 15.9 Å². The molecule has 0 bridgehead atoms. The molecule has 1 aliphatic rings. The van der Waals surface area contributed by atoms with E-state index in [1.54, 1.807) is 7.11 Å². The second-order valence-electron chi connectivity index (χ2n) is 8.01. The van der Waals surface area contributed by atoms with Crippen LogP contribution in [0.25, 0.3) is 0 Å². The van der Waals surface area contributed by atoms with Gasteiger partial charge in [0.25, 0.3) is 0 Å². The van der Waals surface area contributed by atoms with Crippen molar-refractivity contribution >= 4 is 0 Å². The molecule has 26 heavy (non-hydrogen) atoms. The molecule has 1 aliphatic heterocycles. The van der Waals surface area contributed by atoms with Gasteiger partial charge >= 0.3 is 0 Å². The highest BCUT2D eigenvalue weighted by molar-refractivity contribution is 5.43. The van der Waals surface area contributed by atoms with Crippen molar-refractivity contribution in [2.24, 2.45) is 17.3 Å². The number of rotatable bonds is 12. The lowest BCUT2D eigenvalue weighted by molar-refractivity contribution is -0.150. The average molecular weight is 365 g/mol. The monoisotopic (exact) mass is 364 g/mol. The topological polar surface area (TPSA) is 36.9 Å². The van der Waals surface area contributed by atoms with Crippen molar-refractivity contribution in [3.63, 3.8) is 0 Å². The molecular weight excluding hydrogens is 328 g/mol. The minimum atomic E-state index is 0.257. The molecule has 1 fully saturated rings. The van der Waals surface area contributed by atoms with E-state index in [4.69, 9.17) is 18.9 Å². The lowest BCUT2D eigenvalue weighted by Gasteiger charge is -2.40. The summed E-state index contributed by atoms with van der Waals surface area (Å²) in [6, 6.07) is 6.28. The summed E-state index contributed by atoms with van der Waals surface area (Å²) in [7, 11) is 1.70. The van der Waals surface area contributed by atoms with E-state index in [0.29, 0.717) is 25.0 Å². The average Bonchev–Trinajstić information content (AvgIpc) is 2.60. The van der Waals surface area contributed by atoms with Crippen LogP contribution in [0.3, 0.4) is 0 Å². The van der Waals surface area contributed by atoms with Crippen molar-refractivity contribution in [3.05, 3.63) is 23.8 Å². The molecule has 0 radical (unpaired) electrons. The quantitative estimate of drug-likeness (QED) is 0.502. The Hall–Kier alpha value is -1.26. The standard InChI is InChI=1S/C22H36O4/c1-6-22(15-25-16-22)14-24-10-7-11-26-20-9-8-19(13-21(20)23-5)12-18(4)17(2)3/h8-9,13,17-18H,6-7,10-12,14-16H2,1-5H3. The van der Waals surface area contributed by atoms with Gasteiger partial charge in [-0.1, -0.05) is 33.8 Å². The Kier molecular flexibility index (Phi) is 8.23. The largest absolute Gasteiger partial charge is 0.493 e. The van der Waals surface area contributed by atoms with Gasteiger partial charge in [0.05, 0.1) is 33.5 Å². The SMILES string of the molecule is CCC1(COCCCOc2ccc(CC(C)C(C)C)cc2OC)COC1. The van der Waals surface area contributed by atoms with E-state index in [2.05, 4.69) is 39.8 Å². The van der Waals surface area contributed by atoms with Crippen molar-refractivity contribution in [1.29, 1.82) is 0 Å². The molecule has 1 heterocycles. The molecule has 1 saturated heterocycles. The summed E-state index contributed by atoms with van der Waals surface area (Å²) < 4.78 is 22.6. The van der Waals surface area contributed by atoms with Gasteiger partial charge in [0, 0.05) is 18.4 Å². The maximum atomic E-state index is 5.90. The van der Waals surface area contributed by atoms with Crippen molar-refractivity contribution in [1.82, 2.24) is 0 Å². The van der Waals surface area contributed by atoms with E-state index in [0.717, 1.165) is 50.6 Å². The molecule has 1 unspecified atom stereocenters. The maximum Gasteiger partial charge on any atom is 0.161 e. The Bertz CT molecular complexity index is 531. The van der Waals surface area contributed by atoms with E-state index in [1.165, 1.54) is 5.56 Å². The zero-order valence-corrected chi connectivity index (χ0v) is 17.2. The summed E-state index contributed by atoms with van der Waals surface area (Å²) in [6.45, 7) is 12.8. The first-order chi connectivity index (χ1) is 12.5. The molecule has 0 spiro atoms. The molecule has 0 saturated carbocycles. The fraction of sp³-hybridized carbons (Fsp3) is 0.727. The Morgan fingerprint density at radius 2 is 1.88 bits per heavy atom. The van der Waals surface area contributed by atoms with E-state index in [1.807, 2.05) is 6.07 Å². The third kappa shape index (κ3) is 5.88. The first kappa shape index (κ1) is 21.0. The van der Waals surface area contributed by atoms with Crippen molar-refractivity contribution in [3.8, 4) is 11.5 Å². The number of benzene rings is 1. The molecule has 148 valence electrons. The number of hydrogen-bond donors (Lipinski definition) is 0. The zero-order valence-electron chi connectivity index (χ0n) is 17.2. The lowest BCUT2D eigenvalue weighted by atomic mass is 9.84. The van der Waals surface area contributed by atoms with Crippen LogP contribution in [0.2, 0.25) is 0 Å². The lowest BCUT2D eigenvalue weighted by Crippen LogP contribution is -2.45. The van der Waals surface area contributed by atoms with Crippen LogP contribution in [-0.4, -0.2) is 40.1 Å². The fourth-order valence-corrected chi connectivity index (χ4v) is 2.98.